The van der Waals surface area contributed by atoms with Crippen LogP contribution < -0.4 is 15.4 Å². The standard InChI is InChI=1S/C18H12ClF3N4O3S/c19-8-14(27)23-12-7-9(5-6-13(12)29-17(21)22)15(28)24-18-26-25-16(30-18)10-3-1-2-4-11(10)20/h1-7,17H,8H2,(H,23,27)(H,24,26,28). The third-order valence-electron chi connectivity index (χ3n) is 3.60. The molecule has 0 fully saturated rings. The molecule has 0 bridgehead atoms. The summed E-state index contributed by atoms with van der Waals surface area (Å²) in [5, 5.41) is 12.8. The van der Waals surface area contributed by atoms with Gasteiger partial charge in [0.2, 0.25) is 11.0 Å². The fourth-order valence-electron chi connectivity index (χ4n) is 2.34. The van der Waals surface area contributed by atoms with Gasteiger partial charge in [-0.3, -0.25) is 14.9 Å². The van der Waals surface area contributed by atoms with Gasteiger partial charge in [-0.05, 0) is 30.3 Å². The summed E-state index contributed by atoms with van der Waals surface area (Å²) in [6.45, 7) is -3.13. The van der Waals surface area contributed by atoms with Gasteiger partial charge in [0.25, 0.3) is 5.91 Å². The molecule has 12 heteroatoms. The van der Waals surface area contributed by atoms with E-state index in [0.717, 1.165) is 23.5 Å². The number of aromatic nitrogens is 2. The monoisotopic (exact) mass is 456 g/mol. The molecule has 0 atom stereocenters. The summed E-state index contributed by atoms with van der Waals surface area (Å²) in [5.74, 6) is -2.57. The number of nitrogens with one attached hydrogen (secondary N) is 2. The van der Waals surface area contributed by atoms with Crippen LogP contribution in [0.3, 0.4) is 0 Å². The second kappa shape index (κ2) is 9.55. The van der Waals surface area contributed by atoms with E-state index >= 15 is 0 Å². The summed E-state index contributed by atoms with van der Waals surface area (Å²) in [4.78, 5) is 24.0. The lowest BCUT2D eigenvalue weighted by Gasteiger charge is -2.12. The number of alkyl halides is 3. The number of ether oxygens (including phenoxy) is 1. The zero-order valence-electron chi connectivity index (χ0n) is 14.9. The molecule has 3 rings (SSSR count). The van der Waals surface area contributed by atoms with Gasteiger partial charge in [0.05, 0.1) is 5.69 Å². The molecule has 0 saturated heterocycles. The quantitative estimate of drug-likeness (QED) is 0.515. The zero-order valence-corrected chi connectivity index (χ0v) is 16.4. The first kappa shape index (κ1) is 21.5. The first-order valence-corrected chi connectivity index (χ1v) is 9.57. The van der Waals surface area contributed by atoms with E-state index in [1.807, 2.05) is 0 Å². The number of hydrogen-bond acceptors (Lipinski definition) is 6. The van der Waals surface area contributed by atoms with E-state index in [1.54, 1.807) is 6.07 Å². The molecule has 0 spiro atoms. The first-order chi connectivity index (χ1) is 14.4. The van der Waals surface area contributed by atoms with Crippen molar-refractivity contribution in [3.8, 4) is 16.3 Å². The summed E-state index contributed by atoms with van der Waals surface area (Å²) in [5.41, 5.74) is 0.0945. The van der Waals surface area contributed by atoms with Crippen LogP contribution in [-0.4, -0.2) is 34.5 Å². The Bertz CT molecular complexity index is 1080. The number of amides is 2. The molecule has 7 nitrogen and oxygen atoms in total. The zero-order chi connectivity index (χ0) is 21.7. The van der Waals surface area contributed by atoms with Crippen LogP contribution in [0.25, 0.3) is 10.6 Å². The van der Waals surface area contributed by atoms with Crippen molar-refractivity contribution in [1.82, 2.24) is 10.2 Å². The lowest BCUT2D eigenvalue weighted by Crippen LogP contribution is -2.17. The van der Waals surface area contributed by atoms with Crippen molar-refractivity contribution >= 4 is 45.6 Å². The van der Waals surface area contributed by atoms with Crippen LogP contribution in [0, 0.1) is 5.82 Å². The van der Waals surface area contributed by atoms with Crippen LogP contribution in [0.1, 0.15) is 10.4 Å². The van der Waals surface area contributed by atoms with Crippen molar-refractivity contribution in [2.75, 3.05) is 16.5 Å². The summed E-state index contributed by atoms with van der Waals surface area (Å²) in [6, 6.07) is 9.44. The predicted octanol–water partition coefficient (Wildman–Crippen LogP) is 4.38. The number of rotatable bonds is 7. The maximum Gasteiger partial charge on any atom is 0.387 e. The lowest BCUT2D eigenvalue weighted by molar-refractivity contribution is -0.114. The summed E-state index contributed by atoms with van der Waals surface area (Å²) >= 11 is 6.36. The third-order valence-corrected chi connectivity index (χ3v) is 4.72. The highest BCUT2D eigenvalue weighted by Gasteiger charge is 2.17. The predicted molar refractivity (Wildman–Crippen MR) is 106 cm³/mol. The Kier molecular flexibility index (Phi) is 6.85. The van der Waals surface area contributed by atoms with E-state index in [-0.39, 0.29) is 32.7 Å². The fraction of sp³-hybridized carbons (Fsp3) is 0.111. The van der Waals surface area contributed by atoms with E-state index in [9.17, 15) is 22.8 Å². The number of carbonyl (C=O) groups excluding carboxylic acids is 2. The molecular weight excluding hydrogens is 445 g/mol. The van der Waals surface area contributed by atoms with E-state index in [1.165, 1.54) is 24.3 Å². The van der Waals surface area contributed by atoms with E-state index in [0.29, 0.717) is 0 Å². The molecule has 2 amide bonds. The Morgan fingerprint density at radius 1 is 1.13 bits per heavy atom. The van der Waals surface area contributed by atoms with Crippen molar-refractivity contribution in [2.24, 2.45) is 0 Å². The molecule has 0 unspecified atom stereocenters. The maximum atomic E-state index is 13.9. The summed E-state index contributed by atoms with van der Waals surface area (Å²) in [6.07, 6.45) is 0. The SMILES string of the molecule is O=C(CCl)Nc1cc(C(=O)Nc2nnc(-c3ccccc3F)s2)ccc1OC(F)F. The minimum atomic E-state index is -3.13. The summed E-state index contributed by atoms with van der Waals surface area (Å²) in [7, 11) is 0. The normalized spacial score (nSPS) is 10.7. The van der Waals surface area contributed by atoms with Crippen LogP contribution in [-0.2, 0) is 4.79 Å². The van der Waals surface area contributed by atoms with Gasteiger partial charge in [-0.1, -0.05) is 23.5 Å². The van der Waals surface area contributed by atoms with Gasteiger partial charge in [-0.15, -0.1) is 21.8 Å². The van der Waals surface area contributed by atoms with Gasteiger partial charge in [0.1, 0.15) is 17.4 Å². The topological polar surface area (TPSA) is 93.2 Å². The highest BCUT2D eigenvalue weighted by molar-refractivity contribution is 7.18. The van der Waals surface area contributed by atoms with Crippen LogP contribution in [0.15, 0.2) is 42.5 Å². The molecule has 0 saturated carbocycles. The molecule has 1 heterocycles. The van der Waals surface area contributed by atoms with E-state index in [4.69, 9.17) is 11.6 Å². The Balaban J connectivity index is 1.80. The molecule has 3 aromatic rings. The fourth-order valence-corrected chi connectivity index (χ4v) is 3.17. The second-order valence-corrected chi connectivity index (χ2v) is 6.86. The van der Waals surface area contributed by atoms with Crippen molar-refractivity contribution in [3.63, 3.8) is 0 Å². The van der Waals surface area contributed by atoms with Crippen LogP contribution in [0.5, 0.6) is 5.75 Å². The average molecular weight is 457 g/mol. The first-order valence-electron chi connectivity index (χ1n) is 8.22. The Hall–Kier alpha value is -3.18. The number of anilines is 2. The lowest BCUT2D eigenvalue weighted by atomic mass is 10.1. The van der Waals surface area contributed by atoms with Crippen molar-refractivity contribution in [1.29, 1.82) is 0 Å². The number of halogens is 4. The molecule has 0 aliphatic rings. The minimum absolute atomic E-state index is 0.0177. The van der Waals surface area contributed by atoms with Crippen LogP contribution in [0.4, 0.5) is 24.0 Å². The molecule has 0 aliphatic carbocycles. The van der Waals surface area contributed by atoms with Gasteiger partial charge < -0.3 is 10.1 Å². The molecular formula is C18H12ClF3N4O3S. The molecule has 156 valence electrons. The average Bonchev–Trinajstić information content (AvgIpc) is 3.17. The summed E-state index contributed by atoms with van der Waals surface area (Å²) < 4.78 is 43.3. The van der Waals surface area contributed by atoms with Crippen LogP contribution in [0.2, 0.25) is 0 Å². The molecule has 0 aliphatic heterocycles. The van der Waals surface area contributed by atoms with Gasteiger partial charge >= 0.3 is 6.61 Å². The number of benzene rings is 2. The van der Waals surface area contributed by atoms with Crippen molar-refractivity contribution in [3.05, 3.63) is 53.8 Å². The van der Waals surface area contributed by atoms with E-state index < -0.39 is 30.1 Å². The smallest absolute Gasteiger partial charge is 0.387 e. The highest BCUT2D eigenvalue weighted by Crippen LogP contribution is 2.30. The van der Waals surface area contributed by atoms with Gasteiger partial charge in [0.15, 0.2) is 5.01 Å². The van der Waals surface area contributed by atoms with Crippen LogP contribution >= 0.6 is 22.9 Å². The Labute approximate surface area is 176 Å². The number of carbonyl (C=O) groups is 2. The Morgan fingerprint density at radius 3 is 2.60 bits per heavy atom. The number of hydrogen-bond donors (Lipinski definition) is 2. The number of nitrogens with zero attached hydrogens (tertiary/aromatic N) is 2. The Morgan fingerprint density at radius 2 is 1.90 bits per heavy atom. The molecule has 2 N–H and O–H groups in total. The molecule has 30 heavy (non-hydrogen) atoms. The largest absolute Gasteiger partial charge is 0.433 e. The molecule has 1 aromatic heterocycles. The van der Waals surface area contributed by atoms with Gasteiger partial charge in [-0.2, -0.15) is 8.78 Å². The minimum Gasteiger partial charge on any atom is -0.433 e. The molecule has 0 radical (unpaired) electrons. The third kappa shape index (κ3) is 5.24. The molecule has 2 aromatic carbocycles. The van der Waals surface area contributed by atoms with Gasteiger partial charge in [-0.25, -0.2) is 4.39 Å². The van der Waals surface area contributed by atoms with Crippen molar-refractivity contribution < 1.29 is 27.5 Å². The van der Waals surface area contributed by atoms with E-state index in [2.05, 4.69) is 25.6 Å². The van der Waals surface area contributed by atoms with Gasteiger partial charge in [0, 0.05) is 11.1 Å². The second-order valence-electron chi connectivity index (χ2n) is 5.62. The highest BCUT2D eigenvalue weighted by atomic mass is 35.5. The van der Waals surface area contributed by atoms with Crippen molar-refractivity contribution in [2.45, 2.75) is 6.61 Å². The maximum absolute atomic E-state index is 13.9.